The van der Waals surface area contributed by atoms with Gasteiger partial charge in [-0.1, -0.05) is 34.6 Å². The van der Waals surface area contributed by atoms with Crippen LogP contribution in [0.1, 0.15) is 199 Å². The van der Waals surface area contributed by atoms with Gasteiger partial charge in [-0.25, -0.2) is 0 Å². The van der Waals surface area contributed by atoms with Crippen molar-refractivity contribution in [2.75, 3.05) is 0 Å². The van der Waals surface area contributed by atoms with Crippen LogP contribution in [0.5, 0.6) is 0 Å². The fourth-order valence-electron chi connectivity index (χ4n) is 12.1. The molecule has 7 nitrogen and oxygen atoms in total. The average Bonchev–Trinajstić information content (AvgIpc) is 3.50. The van der Waals surface area contributed by atoms with Gasteiger partial charge in [-0.15, -0.1) is 0 Å². The molecule has 0 saturated heterocycles. The maximum absolute atomic E-state index is 12.8. The van der Waals surface area contributed by atoms with Crippen molar-refractivity contribution in [2.45, 2.75) is 221 Å². The number of esters is 3. The molecule has 0 radical (unpaired) electrons. The predicted octanol–water partition coefficient (Wildman–Crippen LogP) is 11.2. The summed E-state index contributed by atoms with van der Waals surface area (Å²) < 4.78 is 18.0. The average molecular weight is 757 g/mol. The van der Waals surface area contributed by atoms with E-state index in [1.165, 1.54) is 51.4 Å². The zero-order chi connectivity index (χ0) is 40.1. The molecule has 0 amide bonds. The normalized spacial score (nSPS) is 37.2. The van der Waals surface area contributed by atoms with Crippen molar-refractivity contribution in [1.29, 1.82) is 0 Å². The summed E-state index contributed by atoms with van der Waals surface area (Å²) >= 11 is 0. The van der Waals surface area contributed by atoms with Crippen LogP contribution in [0.3, 0.4) is 0 Å². The topological polar surface area (TPSA) is 99.1 Å². The summed E-state index contributed by atoms with van der Waals surface area (Å²) in [6, 6.07) is 0. The monoisotopic (exact) mass is 757 g/mol. The van der Waals surface area contributed by atoms with Gasteiger partial charge >= 0.3 is 17.9 Å². The van der Waals surface area contributed by atoms with E-state index in [4.69, 9.17) is 14.2 Å². The molecule has 9 aliphatic rings. The van der Waals surface area contributed by atoms with Gasteiger partial charge in [-0.2, -0.15) is 0 Å². The third-order valence-corrected chi connectivity index (χ3v) is 16.2. The maximum atomic E-state index is 12.8. The Kier molecular flexibility index (Phi) is 12.6. The predicted molar refractivity (Wildman–Crippen MR) is 214 cm³/mol. The molecule has 8 bridgehead atoms. The van der Waals surface area contributed by atoms with Gasteiger partial charge in [0, 0.05) is 6.42 Å². The molecule has 9 fully saturated rings. The van der Waals surface area contributed by atoms with Crippen molar-refractivity contribution in [3.8, 4) is 0 Å². The van der Waals surface area contributed by atoms with Crippen LogP contribution in [0.25, 0.3) is 0 Å². The molecule has 9 aliphatic carbocycles. The van der Waals surface area contributed by atoms with Gasteiger partial charge in [0.15, 0.2) is 0 Å². The van der Waals surface area contributed by atoms with Gasteiger partial charge in [0.1, 0.15) is 16.8 Å². The SMILES string of the molecule is CCC(C)(C)C(=O)OC1(C(C)C)C2CC3CC(C2)CC1C3.CCC(C)(C)C(=O)OC1(C)CCCC1.CCC(C)(C)C(=O)OC12CC3CC(CC(O)(C3)C1)C2. The number of aliphatic hydroxyl groups is 1. The van der Waals surface area contributed by atoms with Crippen molar-refractivity contribution in [3.05, 3.63) is 0 Å². The number of hydrogen-bond acceptors (Lipinski definition) is 7. The molecular formula is C47H80O7. The zero-order valence-electron chi connectivity index (χ0n) is 36.7. The molecule has 0 heterocycles. The van der Waals surface area contributed by atoms with E-state index in [0.29, 0.717) is 36.0 Å². The van der Waals surface area contributed by atoms with E-state index >= 15 is 0 Å². The highest BCUT2D eigenvalue weighted by Crippen LogP contribution is 2.62. The third-order valence-electron chi connectivity index (χ3n) is 16.2. The second-order valence-electron chi connectivity index (χ2n) is 22.2. The smallest absolute Gasteiger partial charge is 0.312 e. The lowest BCUT2D eigenvalue weighted by atomic mass is 9.47. The Morgan fingerprint density at radius 1 is 0.611 bits per heavy atom. The van der Waals surface area contributed by atoms with E-state index in [1.807, 2.05) is 55.4 Å². The number of hydrogen-bond donors (Lipinski definition) is 1. The first-order valence-electron chi connectivity index (χ1n) is 22.4. The molecule has 0 aliphatic heterocycles. The molecule has 9 saturated carbocycles. The first kappa shape index (κ1) is 43.5. The van der Waals surface area contributed by atoms with Crippen molar-refractivity contribution < 1.29 is 33.7 Å². The Balaban J connectivity index is 0.000000159. The Hall–Kier alpha value is -1.63. The highest BCUT2D eigenvalue weighted by Gasteiger charge is 2.62. The standard InChI is InChI=1S/C19H32O2.C16H26O3.C12H22O2/c1-6-18(4,5)17(20)21-19(12(2)3)15-8-13-7-14(10-15)11-16(19)9-13;1-4-14(2,3)13(17)19-16-8-11-5-12(9-16)7-15(18,6-11)10-16;1-5-11(2,3)10(13)14-12(4)8-6-7-9-12/h12-16H,6-11H2,1-5H3;11-12,18H,4-10H2,1-3H3;5-9H2,1-4H3. The van der Waals surface area contributed by atoms with Crippen LogP contribution in [0.4, 0.5) is 0 Å². The van der Waals surface area contributed by atoms with E-state index in [9.17, 15) is 19.5 Å². The minimum absolute atomic E-state index is 0.0335. The Labute approximate surface area is 329 Å². The summed E-state index contributed by atoms with van der Waals surface area (Å²) in [6.45, 7) is 24.6. The molecule has 2 unspecified atom stereocenters. The second-order valence-corrected chi connectivity index (χ2v) is 22.2. The van der Waals surface area contributed by atoms with Crippen molar-refractivity contribution >= 4 is 17.9 Å². The first-order valence-corrected chi connectivity index (χ1v) is 22.4. The van der Waals surface area contributed by atoms with E-state index in [2.05, 4.69) is 27.7 Å². The summed E-state index contributed by atoms with van der Waals surface area (Å²) in [6.07, 6.45) is 19.2. The van der Waals surface area contributed by atoms with Crippen LogP contribution in [0.15, 0.2) is 0 Å². The number of carbonyl (C=O) groups excluding carboxylic acids is 3. The Morgan fingerprint density at radius 3 is 1.39 bits per heavy atom. The molecule has 9 rings (SSSR count). The van der Waals surface area contributed by atoms with Crippen LogP contribution < -0.4 is 0 Å². The highest BCUT2D eigenvalue weighted by molar-refractivity contribution is 5.77. The van der Waals surface area contributed by atoms with E-state index in [-0.39, 0.29) is 45.5 Å². The molecule has 0 aromatic rings. The minimum atomic E-state index is -0.555. The van der Waals surface area contributed by atoms with Gasteiger partial charge in [0.05, 0.1) is 21.8 Å². The van der Waals surface area contributed by atoms with E-state index in [1.54, 1.807) is 0 Å². The highest BCUT2D eigenvalue weighted by atomic mass is 16.6. The lowest BCUT2D eigenvalue weighted by Gasteiger charge is -2.62. The number of rotatable bonds is 10. The Bertz CT molecular complexity index is 1310. The zero-order valence-corrected chi connectivity index (χ0v) is 36.7. The van der Waals surface area contributed by atoms with Crippen molar-refractivity contribution in [3.63, 3.8) is 0 Å². The molecule has 54 heavy (non-hydrogen) atoms. The van der Waals surface area contributed by atoms with Crippen molar-refractivity contribution in [2.24, 2.45) is 57.7 Å². The van der Waals surface area contributed by atoms with Gasteiger partial charge in [-0.05, 0) is 199 Å². The molecule has 310 valence electrons. The summed E-state index contributed by atoms with van der Waals surface area (Å²) in [4.78, 5) is 37.0. The van der Waals surface area contributed by atoms with Gasteiger partial charge in [-0.3, -0.25) is 14.4 Å². The lowest BCUT2D eigenvalue weighted by molar-refractivity contribution is -0.231. The maximum Gasteiger partial charge on any atom is 0.312 e. The fraction of sp³-hybridized carbons (Fsp3) is 0.936. The largest absolute Gasteiger partial charge is 0.459 e. The third kappa shape index (κ3) is 8.91. The number of ether oxygens (including phenoxy) is 3. The second kappa shape index (κ2) is 15.6. The van der Waals surface area contributed by atoms with E-state index < -0.39 is 11.0 Å². The summed E-state index contributed by atoms with van der Waals surface area (Å²) in [5.41, 5.74) is -2.35. The molecule has 0 aromatic carbocycles. The first-order chi connectivity index (χ1) is 24.9. The molecule has 1 N–H and O–H groups in total. The summed E-state index contributed by atoms with van der Waals surface area (Å²) in [7, 11) is 0. The van der Waals surface area contributed by atoms with Crippen molar-refractivity contribution in [1.82, 2.24) is 0 Å². The minimum Gasteiger partial charge on any atom is -0.459 e. The van der Waals surface area contributed by atoms with Crippen LogP contribution in [-0.2, 0) is 28.6 Å². The quantitative estimate of drug-likeness (QED) is 0.175. The van der Waals surface area contributed by atoms with Gasteiger partial charge < -0.3 is 19.3 Å². The van der Waals surface area contributed by atoms with Crippen LogP contribution in [0, 0.1) is 57.7 Å². The molecule has 0 spiro atoms. The van der Waals surface area contributed by atoms with Crippen LogP contribution in [-0.4, -0.2) is 45.4 Å². The Morgan fingerprint density at radius 2 is 1.00 bits per heavy atom. The summed E-state index contributed by atoms with van der Waals surface area (Å²) in [5, 5.41) is 10.6. The fourth-order valence-corrected chi connectivity index (χ4v) is 12.1. The molecule has 7 heteroatoms. The van der Waals surface area contributed by atoms with E-state index in [0.717, 1.165) is 69.6 Å². The van der Waals surface area contributed by atoms with Crippen LogP contribution >= 0.6 is 0 Å². The van der Waals surface area contributed by atoms with Gasteiger partial charge in [0.2, 0.25) is 0 Å². The van der Waals surface area contributed by atoms with Crippen LogP contribution in [0.2, 0.25) is 0 Å². The molecule has 2 atom stereocenters. The molecular weight excluding hydrogens is 677 g/mol. The van der Waals surface area contributed by atoms with Gasteiger partial charge in [0.25, 0.3) is 0 Å². The lowest BCUT2D eigenvalue weighted by Crippen LogP contribution is -2.63. The molecule has 0 aromatic heterocycles. The number of carbonyl (C=O) groups is 3. The summed E-state index contributed by atoms with van der Waals surface area (Å²) in [5.74, 6) is 4.53.